The molecule has 2 heteroatoms. The Bertz CT molecular complexity index is 320. The first-order chi connectivity index (χ1) is 6.20. The molecule has 1 aromatic carbocycles. The summed E-state index contributed by atoms with van der Waals surface area (Å²) in [5.74, 6) is 1.08. The van der Waals surface area contributed by atoms with Gasteiger partial charge in [0.05, 0.1) is 6.04 Å². The Kier molecular flexibility index (Phi) is 2.00. The molecule has 0 radical (unpaired) electrons. The van der Waals surface area contributed by atoms with Gasteiger partial charge in [-0.15, -0.1) is 0 Å². The number of rotatable bonds is 1. The second kappa shape index (κ2) is 3.04. The van der Waals surface area contributed by atoms with Gasteiger partial charge in [-0.05, 0) is 26.6 Å². The van der Waals surface area contributed by atoms with Crippen LogP contribution in [0.3, 0.4) is 0 Å². The van der Waals surface area contributed by atoms with Crippen LogP contribution in [0.25, 0.3) is 0 Å². The minimum absolute atomic E-state index is 0.426. The number of nitrogens with zero attached hydrogens (tertiary/aromatic N) is 1. The molecule has 0 spiro atoms. The standard InChI is InChI=1S/C11H15NO/c1-8-5-4-6-9-10(12(2)3)7-13-11(8)9/h4-6,10H,7H2,1-3H3. The Morgan fingerprint density at radius 3 is 2.85 bits per heavy atom. The Morgan fingerprint density at radius 2 is 2.15 bits per heavy atom. The van der Waals surface area contributed by atoms with Gasteiger partial charge < -0.3 is 4.74 Å². The van der Waals surface area contributed by atoms with E-state index in [1.54, 1.807) is 0 Å². The molecule has 0 saturated heterocycles. The van der Waals surface area contributed by atoms with E-state index in [0.29, 0.717) is 6.04 Å². The third kappa shape index (κ3) is 1.31. The average molecular weight is 177 g/mol. The molecular weight excluding hydrogens is 162 g/mol. The zero-order valence-electron chi connectivity index (χ0n) is 8.37. The van der Waals surface area contributed by atoms with E-state index in [-0.39, 0.29) is 0 Å². The predicted octanol–water partition coefficient (Wildman–Crippen LogP) is 1.99. The summed E-state index contributed by atoms with van der Waals surface area (Å²) in [7, 11) is 4.18. The van der Waals surface area contributed by atoms with Gasteiger partial charge in [-0.3, -0.25) is 4.90 Å². The smallest absolute Gasteiger partial charge is 0.127 e. The van der Waals surface area contributed by atoms with Crippen molar-refractivity contribution in [1.29, 1.82) is 0 Å². The molecule has 1 aliphatic heterocycles. The van der Waals surface area contributed by atoms with Crippen LogP contribution in [0, 0.1) is 6.92 Å². The Labute approximate surface area is 79.1 Å². The van der Waals surface area contributed by atoms with Crippen molar-refractivity contribution in [2.45, 2.75) is 13.0 Å². The number of hydrogen-bond acceptors (Lipinski definition) is 2. The molecular formula is C11H15NO. The van der Waals surface area contributed by atoms with E-state index in [1.807, 2.05) is 0 Å². The maximum atomic E-state index is 5.66. The first-order valence-electron chi connectivity index (χ1n) is 4.59. The number of benzene rings is 1. The van der Waals surface area contributed by atoms with Gasteiger partial charge in [-0.2, -0.15) is 0 Å². The minimum atomic E-state index is 0.426. The van der Waals surface area contributed by atoms with Crippen molar-refractivity contribution in [1.82, 2.24) is 4.90 Å². The number of hydrogen-bond donors (Lipinski definition) is 0. The number of aryl methyl sites for hydroxylation is 1. The largest absolute Gasteiger partial charge is 0.491 e. The molecule has 1 atom stereocenters. The molecule has 0 saturated carbocycles. The highest BCUT2D eigenvalue weighted by atomic mass is 16.5. The predicted molar refractivity (Wildman–Crippen MR) is 53.1 cm³/mol. The lowest BCUT2D eigenvalue weighted by atomic mass is 10.1. The molecule has 1 heterocycles. The van der Waals surface area contributed by atoms with Crippen molar-refractivity contribution >= 4 is 0 Å². The van der Waals surface area contributed by atoms with Crippen LogP contribution >= 0.6 is 0 Å². The van der Waals surface area contributed by atoms with E-state index in [9.17, 15) is 0 Å². The number of para-hydroxylation sites is 1. The summed E-state index contributed by atoms with van der Waals surface area (Å²) in [6.07, 6.45) is 0. The number of likely N-dealkylation sites (N-methyl/N-ethyl adjacent to an activating group) is 1. The van der Waals surface area contributed by atoms with Crippen molar-refractivity contribution < 1.29 is 4.74 Å². The van der Waals surface area contributed by atoms with E-state index in [0.717, 1.165) is 12.4 Å². The molecule has 0 amide bonds. The summed E-state index contributed by atoms with van der Waals surface area (Å²) in [5, 5.41) is 0. The Morgan fingerprint density at radius 1 is 1.38 bits per heavy atom. The molecule has 13 heavy (non-hydrogen) atoms. The van der Waals surface area contributed by atoms with Crippen molar-refractivity contribution in [2.75, 3.05) is 20.7 Å². The van der Waals surface area contributed by atoms with Crippen molar-refractivity contribution in [3.63, 3.8) is 0 Å². The summed E-state index contributed by atoms with van der Waals surface area (Å²) < 4.78 is 5.66. The van der Waals surface area contributed by atoms with Crippen LogP contribution < -0.4 is 4.74 Å². The normalized spacial score (nSPS) is 20.2. The highest BCUT2D eigenvalue weighted by Crippen LogP contribution is 2.36. The molecule has 2 nitrogen and oxygen atoms in total. The first-order valence-corrected chi connectivity index (χ1v) is 4.59. The van der Waals surface area contributed by atoms with E-state index in [4.69, 9.17) is 4.74 Å². The van der Waals surface area contributed by atoms with Gasteiger partial charge in [0, 0.05) is 5.56 Å². The fraction of sp³-hybridized carbons (Fsp3) is 0.455. The fourth-order valence-electron chi connectivity index (χ4n) is 1.81. The summed E-state index contributed by atoms with van der Waals surface area (Å²) in [6, 6.07) is 6.77. The SMILES string of the molecule is Cc1cccc2c1OCC2N(C)C. The Balaban J connectivity index is 2.43. The molecule has 0 N–H and O–H groups in total. The molecule has 1 aromatic rings. The maximum absolute atomic E-state index is 5.66. The second-order valence-electron chi connectivity index (χ2n) is 3.78. The van der Waals surface area contributed by atoms with Crippen LogP contribution in [0.5, 0.6) is 5.75 Å². The van der Waals surface area contributed by atoms with Crippen LogP contribution in [0.1, 0.15) is 17.2 Å². The van der Waals surface area contributed by atoms with Crippen LogP contribution in [0.2, 0.25) is 0 Å². The van der Waals surface area contributed by atoms with Crippen molar-refractivity contribution in [3.05, 3.63) is 29.3 Å². The van der Waals surface area contributed by atoms with Crippen molar-refractivity contribution in [2.24, 2.45) is 0 Å². The summed E-state index contributed by atoms with van der Waals surface area (Å²) in [6.45, 7) is 2.88. The molecule has 70 valence electrons. The van der Waals surface area contributed by atoms with Crippen LogP contribution in [-0.2, 0) is 0 Å². The molecule has 0 aliphatic carbocycles. The van der Waals surface area contributed by atoms with E-state index < -0.39 is 0 Å². The fourth-order valence-corrected chi connectivity index (χ4v) is 1.81. The third-order valence-corrected chi connectivity index (χ3v) is 2.61. The van der Waals surface area contributed by atoms with Gasteiger partial charge in [0.25, 0.3) is 0 Å². The van der Waals surface area contributed by atoms with Crippen LogP contribution in [0.4, 0.5) is 0 Å². The lowest BCUT2D eigenvalue weighted by Gasteiger charge is -2.17. The van der Waals surface area contributed by atoms with Gasteiger partial charge in [0.2, 0.25) is 0 Å². The maximum Gasteiger partial charge on any atom is 0.127 e. The topological polar surface area (TPSA) is 12.5 Å². The lowest BCUT2D eigenvalue weighted by Crippen LogP contribution is -2.20. The molecule has 0 fully saturated rings. The summed E-state index contributed by atoms with van der Waals surface area (Å²) >= 11 is 0. The highest BCUT2D eigenvalue weighted by Gasteiger charge is 2.26. The molecule has 1 unspecified atom stereocenters. The Hall–Kier alpha value is -1.02. The molecule has 1 aliphatic rings. The lowest BCUT2D eigenvalue weighted by molar-refractivity contribution is 0.226. The van der Waals surface area contributed by atoms with Gasteiger partial charge >= 0.3 is 0 Å². The number of ether oxygens (including phenoxy) is 1. The summed E-state index contributed by atoms with van der Waals surface area (Å²) in [4.78, 5) is 2.20. The second-order valence-corrected chi connectivity index (χ2v) is 3.78. The van der Waals surface area contributed by atoms with Gasteiger partial charge in [-0.25, -0.2) is 0 Å². The molecule has 0 aromatic heterocycles. The van der Waals surface area contributed by atoms with Crippen molar-refractivity contribution in [3.8, 4) is 5.75 Å². The zero-order valence-corrected chi connectivity index (χ0v) is 8.37. The average Bonchev–Trinajstić information content (AvgIpc) is 2.48. The van der Waals surface area contributed by atoms with Crippen LogP contribution in [-0.4, -0.2) is 25.6 Å². The summed E-state index contributed by atoms with van der Waals surface area (Å²) in [5.41, 5.74) is 2.56. The van der Waals surface area contributed by atoms with Gasteiger partial charge in [0.1, 0.15) is 12.4 Å². The number of fused-ring (bicyclic) bond motifs is 1. The first kappa shape index (κ1) is 8.57. The molecule has 2 rings (SSSR count). The van der Waals surface area contributed by atoms with Gasteiger partial charge in [0.15, 0.2) is 0 Å². The minimum Gasteiger partial charge on any atom is -0.491 e. The van der Waals surface area contributed by atoms with Crippen LogP contribution in [0.15, 0.2) is 18.2 Å². The highest BCUT2D eigenvalue weighted by molar-refractivity contribution is 5.45. The molecule has 0 bridgehead atoms. The van der Waals surface area contributed by atoms with E-state index in [2.05, 4.69) is 44.1 Å². The van der Waals surface area contributed by atoms with Gasteiger partial charge in [-0.1, -0.05) is 18.2 Å². The van der Waals surface area contributed by atoms with E-state index >= 15 is 0 Å². The zero-order chi connectivity index (χ0) is 9.42. The monoisotopic (exact) mass is 177 g/mol. The quantitative estimate of drug-likeness (QED) is 0.650. The van der Waals surface area contributed by atoms with E-state index in [1.165, 1.54) is 11.1 Å². The third-order valence-electron chi connectivity index (χ3n) is 2.61.